The maximum atomic E-state index is 9.80. The number of alkyl halides is 12. The van der Waals surface area contributed by atoms with Crippen molar-refractivity contribution in [2.24, 2.45) is 0 Å². The maximum absolute atomic E-state index is 9.80. The molecular weight excluding hydrogens is 729 g/mol. The van der Waals surface area contributed by atoms with Crippen LogP contribution in [-0.4, -0.2) is 41.6 Å². The van der Waals surface area contributed by atoms with Gasteiger partial charge in [0.25, 0.3) is 0 Å². The van der Waals surface area contributed by atoms with Gasteiger partial charge in [-0.1, -0.05) is 165 Å². The molecule has 0 radical (unpaired) electrons. The third kappa shape index (κ3) is 72.3. The summed E-state index contributed by atoms with van der Waals surface area (Å²) in [5.41, 5.74) is 0. The summed E-state index contributed by atoms with van der Waals surface area (Å²) < 4.78 is -4.93. The van der Waals surface area contributed by atoms with Crippen molar-refractivity contribution in [1.82, 2.24) is 0 Å². The van der Waals surface area contributed by atoms with E-state index in [0.717, 1.165) is 0 Å². The third-order valence-corrected chi connectivity index (χ3v) is 4.69. The molecule has 4 nitrogen and oxygen atoms in total. The van der Waals surface area contributed by atoms with Crippen LogP contribution in [0.3, 0.4) is 0 Å². The van der Waals surface area contributed by atoms with Crippen molar-refractivity contribution in [1.29, 1.82) is 0 Å². The van der Waals surface area contributed by atoms with Crippen molar-refractivity contribution in [3.05, 3.63) is 0 Å². The van der Waals surface area contributed by atoms with E-state index in [-0.39, 0.29) is 48.1 Å². The van der Waals surface area contributed by atoms with Gasteiger partial charge in [-0.2, -0.15) is 0 Å². The Labute approximate surface area is 271 Å². The van der Waals surface area contributed by atoms with Gasteiger partial charge < -0.3 is 20.4 Å². The van der Waals surface area contributed by atoms with Crippen LogP contribution in [0.4, 0.5) is 0 Å². The van der Waals surface area contributed by atoms with Crippen molar-refractivity contribution in [3.63, 3.8) is 0 Å². The van der Waals surface area contributed by atoms with Crippen molar-refractivity contribution >= 4 is 139 Å². The van der Waals surface area contributed by atoms with E-state index in [2.05, 4.69) is 0 Å². The minimum absolute atomic E-state index is 0. The summed E-state index contributed by atoms with van der Waals surface area (Å²) in [6.07, 6.45) is 3.10. The van der Waals surface area contributed by atoms with Gasteiger partial charge in [-0.3, -0.25) is 0 Å². The van der Waals surface area contributed by atoms with Gasteiger partial charge in [0.15, 0.2) is 15.2 Å². The molecule has 0 aliphatic heterocycles. The first kappa shape index (κ1) is 46.9. The minimum Gasteiger partial charge on any atom is -0.854 e. The smallest absolute Gasteiger partial charge is 0.854 e. The molecule has 0 fully saturated rings. The van der Waals surface area contributed by atoms with E-state index in [9.17, 15) is 20.4 Å². The Balaban J connectivity index is -0.000000105. The number of hydrogen-bond donors (Lipinski definition) is 0. The van der Waals surface area contributed by atoms with Crippen LogP contribution in [0.5, 0.6) is 0 Å². The topological polar surface area (TPSA) is 92.2 Å². The summed E-state index contributed by atoms with van der Waals surface area (Å²) in [7, 11) is 0. The Morgan fingerprint density at radius 1 is 0.333 bits per heavy atom. The first-order chi connectivity index (χ1) is 14.2. The molecule has 33 heavy (non-hydrogen) atoms. The molecule has 0 amide bonds. The second kappa shape index (κ2) is 27.6. The molecule has 0 aliphatic carbocycles. The van der Waals surface area contributed by atoms with Crippen molar-refractivity contribution < 1.29 is 42.1 Å². The maximum Gasteiger partial charge on any atom is 4.00 e. The Morgan fingerprint density at radius 3 is 0.485 bits per heavy atom. The molecule has 0 N–H and O–H groups in total. The SMILES string of the molecule is [O-]CCCC(Cl)(Cl)Cl.[O-]CCCC(Cl)(Cl)Cl.[O-]CCCC(Cl)(Cl)Cl.[O-]CCCC(Cl)(Cl)Cl.[Ti+4]. The Kier molecular flexibility index (Phi) is 39.2. The summed E-state index contributed by atoms with van der Waals surface area (Å²) in [5.74, 6) is 0. The van der Waals surface area contributed by atoms with Crippen LogP contribution >= 0.6 is 139 Å². The molecule has 0 saturated heterocycles. The van der Waals surface area contributed by atoms with Gasteiger partial charge in [0.1, 0.15) is 0 Å². The van der Waals surface area contributed by atoms with E-state index in [1.54, 1.807) is 0 Å². The van der Waals surface area contributed by atoms with E-state index in [1.165, 1.54) is 0 Å². The van der Waals surface area contributed by atoms with Crippen LogP contribution in [0.1, 0.15) is 51.4 Å². The quantitative estimate of drug-likeness (QED) is 0.225. The van der Waals surface area contributed by atoms with E-state index in [4.69, 9.17) is 139 Å². The largest absolute Gasteiger partial charge is 4.00 e. The molecule has 0 spiro atoms. The van der Waals surface area contributed by atoms with Crippen LogP contribution in [0.15, 0.2) is 0 Å². The minimum atomic E-state index is -1.23. The Hall–Kier alpha value is 4.03. The molecule has 0 aromatic heterocycles. The molecule has 17 heteroatoms. The normalized spacial score (nSPS) is 11.6. The predicted octanol–water partition coefficient (Wildman–Crippen LogP) is 5.99. The second-order valence-electron chi connectivity index (χ2n) is 5.69. The van der Waals surface area contributed by atoms with Crippen molar-refractivity contribution in [2.75, 3.05) is 26.4 Å². The fraction of sp³-hybridized carbons (Fsp3) is 1.00. The van der Waals surface area contributed by atoms with Crippen molar-refractivity contribution in [2.45, 2.75) is 66.5 Å². The van der Waals surface area contributed by atoms with Gasteiger partial charge in [0.2, 0.25) is 0 Å². The zero-order chi connectivity index (χ0) is 26.5. The van der Waals surface area contributed by atoms with Crippen LogP contribution < -0.4 is 20.4 Å². The zero-order valence-electron chi connectivity index (χ0n) is 17.2. The number of halogens is 12. The van der Waals surface area contributed by atoms with Gasteiger partial charge in [-0.15, -0.1) is 26.4 Å². The molecule has 0 atom stereocenters. The predicted molar refractivity (Wildman–Crippen MR) is 138 cm³/mol. The van der Waals surface area contributed by atoms with Gasteiger partial charge in [0.05, 0.1) is 0 Å². The fourth-order valence-electron chi connectivity index (χ4n) is 1.09. The van der Waals surface area contributed by atoms with Gasteiger partial charge in [-0.25, -0.2) is 0 Å². The first-order valence-electron chi connectivity index (χ1n) is 8.84. The third-order valence-electron chi connectivity index (χ3n) is 2.42. The molecule has 0 aromatic rings. The molecular formula is C16H24Cl12O4Ti. The Morgan fingerprint density at radius 2 is 0.455 bits per heavy atom. The van der Waals surface area contributed by atoms with E-state index >= 15 is 0 Å². The summed E-state index contributed by atoms with van der Waals surface area (Å²) in [5, 5.41) is 39.2. The van der Waals surface area contributed by atoms with Crippen molar-refractivity contribution in [3.8, 4) is 0 Å². The fourth-order valence-corrected chi connectivity index (χ4v) is 2.69. The molecule has 200 valence electrons. The molecule has 0 aromatic carbocycles. The van der Waals surface area contributed by atoms with Gasteiger partial charge in [-0.05, 0) is 25.7 Å². The molecule has 0 rings (SSSR count). The molecule has 0 aliphatic rings. The first-order valence-corrected chi connectivity index (χ1v) is 13.4. The number of hydrogen-bond acceptors (Lipinski definition) is 4. The van der Waals surface area contributed by atoms with E-state index < -0.39 is 15.2 Å². The van der Waals surface area contributed by atoms with E-state index in [1.807, 2.05) is 0 Å². The number of rotatable bonds is 8. The average molecular weight is 754 g/mol. The molecule has 0 unspecified atom stereocenters. The van der Waals surface area contributed by atoms with Crippen LogP contribution in [0, 0.1) is 0 Å². The summed E-state index contributed by atoms with van der Waals surface area (Å²) >= 11 is 63.6. The molecule has 0 bridgehead atoms. The summed E-state index contributed by atoms with van der Waals surface area (Å²) in [6.45, 7) is -0.691. The van der Waals surface area contributed by atoms with Crippen LogP contribution in [0.2, 0.25) is 0 Å². The van der Waals surface area contributed by atoms with Gasteiger partial charge >= 0.3 is 21.7 Å². The standard InChI is InChI=1S/4C4H6Cl3O.Ti/c4*5-4(6,7)2-1-3-8;/h4*1-3H2;/q4*-1;+4. The summed E-state index contributed by atoms with van der Waals surface area (Å²) in [6, 6.07) is 0. The van der Waals surface area contributed by atoms with Crippen LogP contribution in [0.25, 0.3) is 0 Å². The second-order valence-corrected chi connectivity index (χ2v) is 15.8. The zero-order valence-corrected chi connectivity index (χ0v) is 27.8. The summed E-state index contributed by atoms with van der Waals surface area (Å²) in [4.78, 5) is 0. The monoisotopic (exact) mass is 748 g/mol. The molecule has 0 saturated carbocycles. The molecule has 0 heterocycles. The average Bonchev–Trinajstić information content (AvgIpc) is 2.60. The van der Waals surface area contributed by atoms with E-state index in [0.29, 0.717) is 51.4 Å². The van der Waals surface area contributed by atoms with Gasteiger partial charge in [0, 0.05) is 0 Å². The Bertz CT molecular complexity index is 314. The van der Waals surface area contributed by atoms with Crippen LogP contribution in [-0.2, 0) is 21.7 Å².